The molecule has 3 N–H and O–H groups in total. The Kier molecular flexibility index (Phi) is 5.05. The molecule has 0 aliphatic rings. The van der Waals surface area contributed by atoms with E-state index in [1.807, 2.05) is 6.07 Å². The van der Waals surface area contributed by atoms with Crippen molar-refractivity contribution in [3.05, 3.63) is 88.1 Å². The van der Waals surface area contributed by atoms with Crippen LogP contribution in [0.1, 0.15) is 24.1 Å². The van der Waals surface area contributed by atoms with Crippen molar-refractivity contribution in [3.63, 3.8) is 0 Å². The number of halogens is 2. The van der Waals surface area contributed by atoms with Crippen molar-refractivity contribution in [2.45, 2.75) is 13.0 Å². The van der Waals surface area contributed by atoms with Gasteiger partial charge in [0.25, 0.3) is 5.56 Å². The zero-order valence-electron chi connectivity index (χ0n) is 16.3. The zero-order valence-corrected chi connectivity index (χ0v) is 16.3. The molecule has 3 aromatic heterocycles. The first-order valence-corrected chi connectivity index (χ1v) is 9.27. The summed E-state index contributed by atoms with van der Waals surface area (Å²) in [5, 5.41) is 12.5. The summed E-state index contributed by atoms with van der Waals surface area (Å²) in [5.41, 5.74) is 6.83. The van der Waals surface area contributed by atoms with Crippen LogP contribution in [-0.2, 0) is 0 Å². The number of benzene rings is 1. The largest absolute Gasteiger partial charge is 0.382 e. The molecule has 0 spiro atoms. The maximum Gasteiger partial charge on any atom is 0.263 e. The Morgan fingerprint density at radius 2 is 1.97 bits per heavy atom. The third kappa shape index (κ3) is 3.67. The molecule has 0 saturated carbocycles. The van der Waals surface area contributed by atoms with Crippen LogP contribution in [0.4, 0.5) is 20.4 Å². The van der Waals surface area contributed by atoms with E-state index in [0.29, 0.717) is 16.6 Å². The van der Waals surface area contributed by atoms with Gasteiger partial charge in [-0.1, -0.05) is 12.1 Å². The van der Waals surface area contributed by atoms with Gasteiger partial charge in [-0.05, 0) is 48.4 Å². The lowest BCUT2D eigenvalue weighted by molar-refractivity contribution is 0.618. The number of pyridine rings is 2. The standard InChI is InChI=1S/C22H16F2N6O/c1-12(29-21-18(9-25)20(26)27-11-28-21)17-8-16-6-5-15(24)10-30(16)22(31)19(17)13-3-2-4-14(23)7-13/h2-8,10-12H,1H3,(H3,26,27,28,29)/t12-/m0/s1. The minimum Gasteiger partial charge on any atom is -0.382 e. The van der Waals surface area contributed by atoms with Gasteiger partial charge < -0.3 is 11.1 Å². The van der Waals surface area contributed by atoms with Crippen molar-refractivity contribution in [2.75, 3.05) is 11.1 Å². The average Bonchev–Trinajstić information content (AvgIpc) is 2.74. The molecule has 0 amide bonds. The first kappa shape index (κ1) is 20.0. The van der Waals surface area contributed by atoms with Crippen LogP contribution in [0.25, 0.3) is 16.6 Å². The van der Waals surface area contributed by atoms with Gasteiger partial charge in [0.15, 0.2) is 0 Å². The molecule has 31 heavy (non-hydrogen) atoms. The molecule has 3 heterocycles. The highest BCUT2D eigenvalue weighted by Gasteiger charge is 2.20. The number of aromatic nitrogens is 3. The molecular formula is C22H16F2N6O. The molecule has 1 atom stereocenters. The molecule has 4 rings (SSSR count). The Balaban J connectivity index is 1.93. The fourth-order valence-electron chi connectivity index (χ4n) is 3.43. The molecule has 1 aromatic carbocycles. The fraction of sp³-hybridized carbons (Fsp3) is 0.0909. The Labute approximate surface area is 175 Å². The topological polar surface area (TPSA) is 109 Å². The van der Waals surface area contributed by atoms with Crippen LogP contribution < -0.4 is 16.6 Å². The van der Waals surface area contributed by atoms with Gasteiger partial charge in [0.05, 0.1) is 11.6 Å². The Morgan fingerprint density at radius 3 is 2.71 bits per heavy atom. The van der Waals surface area contributed by atoms with E-state index in [4.69, 9.17) is 5.73 Å². The number of nitrogens with two attached hydrogens (primary N) is 1. The number of nitriles is 1. The number of fused-ring (bicyclic) bond motifs is 1. The number of anilines is 2. The third-order valence-electron chi connectivity index (χ3n) is 4.89. The first-order valence-electron chi connectivity index (χ1n) is 9.27. The van der Waals surface area contributed by atoms with Gasteiger partial charge in [-0.15, -0.1) is 0 Å². The van der Waals surface area contributed by atoms with Gasteiger partial charge in [-0.3, -0.25) is 9.20 Å². The molecule has 0 aliphatic carbocycles. The summed E-state index contributed by atoms with van der Waals surface area (Å²) in [6.07, 6.45) is 2.30. The average molecular weight is 418 g/mol. The number of nitrogens with one attached hydrogen (secondary N) is 1. The van der Waals surface area contributed by atoms with E-state index < -0.39 is 23.2 Å². The molecule has 7 nitrogen and oxygen atoms in total. The minimum atomic E-state index is -0.575. The summed E-state index contributed by atoms with van der Waals surface area (Å²) in [6, 6.07) is 11.4. The molecule has 0 fully saturated rings. The Hall–Kier alpha value is -4.32. The lowest BCUT2D eigenvalue weighted by Crippen LogP contribution is -2.21. The predicted octanol–water partition coefficient (Wildman–Crippen LogP) is 3.66. The van der Waals surface area contributed by atoms with Gasteiger partial charge >= 0.3 is 0 Å². The maximum absolute atomic E-state index is 13.9. The van der Waals surface area contributed by atoms with Crippen molar-refractivity contribution < 1.29 is 8.78 Å². The van der Waals surface area contributed by atoms with Gasteiger partial charge in [-0.2, -0.15) is 5.26 Å². The molecule has 0 bridgehead atoms. The van der Waals surface area contributed by atoms with E-state index in [0.717, 1.165) is 6.20 Å². The van der Waals surface area contributed by atoms with Crippen LogP contribution >= 0.6 is 0 Å². The maximum atomic E-state index is 13.9. The summed E-state index contributed by atoms with van der Waals surface area (Å²) >= 11 is 0. The minimum absolute atomic E-state index is 0.0200. The summed E-state index contributed by atoms with van der Waals surface area (Å²) in [6.45, 7) is 1.76. The summed E-state index contributed by atoms with van der Waals surface area (Å²) < 4.78 is 28.9. The summed E-state index contributed by atoms with van der Waals surface area (Å²) in [7, 11) is 0. The van der Waals surface area contributed by atoms with E-state index in [1.54, 1.807) is 19.1 Å². The fourth-order valence-corrected chi connectivity index (χ4v) is 3.43. The second-order valence-corrected chi connectivity index (χ2v) is 6.89. The van der Waals surface area contributed by atoms with Crippen molar-refractivity contribution in [1.29, 1.82) is 5.26 Å². The van der Waals surface area contributed by atoms with Crippen molar-refractivity contribution in [1.82, 2.24) is 14.4 Å². The Bertz CT molecular complexity index is 1410. The van der Waals surface area contributed by atoms with E-state index in [2.05, 4.69) is 15.3 Å². The smallest absolute Gasteiger partial charge is 0.263 e. The second-order valence-electron chi connectivity index (χ2n) is 6.89. The highest BCUT2D eigenvalue weighted by molar-refractivity contribution is 5.72. The number of hydrogen-bond acceptors (Lipinski definition) is 6. The molecule has 0 aliphatic heterocycles. The number of nitrogen functional groups attached to an aromatic ring is 1. The van der Waals surface area contributed by atoms with Crippen LogP contribution in [-0.4, -0.2) is 14.4 Å². The second kappa shape index (κ2) is 7.84. The van der Waals surface area contributed by atoms with Crippen LogP contribution in [0, 0.1) is 23.0 Å². The summed E-state index contributed by atoms with van der Waals surface area (Å²) in [5.74, 6) is -0.865. The van der Waals surface area contributed by atoms with E-state index in [9.17, 15) is 18.8 Å². The number of rotatable bonds is 4. The highest BCUT2D eigenvalue weighted by Crippen LogP contribution is 2.30. The van der Waals surface area contributed by atoms with Crippen LogP contribution in [0.15, 0.2) is 59.8 Å². The van der Waals surface area contributed by atoms with E-state index in [-0.39, 0.29) is 22.8 Å². The third-order valence-corrected chi connectivity index (χ3v) is 4.89. The monoisotopic (exact) mass is 418 g/mol. The first-order chi connectivity index (χ1) is 14.9. The predicted molar refractivity (Wildman–Crippen MR) is 112 cm³/mol. The van der Waals surface area contributed by atoms with Gasteiger partial charge in [-0.25, -0.2) is 18.7 Å². The van der Waals surface area contributed by atoms with Gasteiger partial charge in [0, 0.05) is 11.7 Å². The molecule has 0 radical (unpaired) electrons. The SMILES string of the molecule is C[C@H](Nc1ncnc(N)c1C#N)c1cc2ccc(F)cn2c(=O)c1-c1cccc(F)c1. The van der Waals surface area contributed by atoms with Crippen molar-refractivity contribution in [2.24, 2.45) is 0 Å². The molecular weight excluding hydrogens is 402 g/mol. The van der Waals surface area contributed by atoms with Crippen LogP contribution in [0.2, 0.25) is 0 Å². The van der Waals surface area contributed by atoms with E-state index in [1.165, 1.54) is 41.1 Å². The molecule has 0 saturated heterocycles. The quantitative estimate of drug-likeness (QED) is 0.524. The summed E-state index contributed by atoms with van der Waals surface area (Å²) in [4.78, 5) is 21.2. The van der Waals surface area contributed by atoms with Crippen LogP contribution in [0.5, 0.6) is 0 Å². The highest BCUT2D eigenvalue weighted by atomic mass is 19.1. The number of hydrogen-bond donors (Lipinski definition) is 2. The molecule has 0 unspecified atom stereocenters. The lowest BCUT2D eigenvalue weighted by atomic mass is 9.96. The Morgan fingerprint density at radius 1 is 1.16 bits per heavy atom. The van der Waals surface area contributed by atoms with Crippen molar-refractivity contribution >= 4 is 17.2 Å². The van der Waals surface area contributed by atoms with E-state index >= 15 is 0 Å². The molecule has 154 valence electrons. The van der Waals surface area contributed by atoms with Crippen LogP contribution in [0.3, 0.4) is 0 Å². The molecule has 9 heteroatoms. The van der Waals surface area contributed by atoms with Gasteiger partial charge in [0.1, 0.15) is 41.2 Å². The molecule has 4 aromatic rings. The zero-order chi connectivity index (χ0) is 22.1. The number of nitrogens with zero attached hydrogens (tertiary/aromatic N) is 4. The van der Waals surface area contributed by atoms with Crippen molar-refractivity contribution in [3.8, 4) is 17.2 Å². The normalized spacial score (nSPS) is 11.8. The lowest BCUT2D eigenvalue weighted by Gasteiger charge is -2.20. The van der Waals surface area contributed by atoms with Gasteiger partial charge in [0.2, 0.25) is 0 Å².